The van der Waals surface area contributed by atoms with Crippen LogP contribution in [0, 0.1) is 0 Å². The summed E-state index contributed by atoms with van der Waals surface area (Å²) >= 11 is 0. The van der Waals surface area contributed by atoms with E-state index in [0.717, 1.165) is 51.4 Å². The number of ether oxygens (including phenoxy) is 2. The van der Waals surface area contributed by atoms with E-state index in [1.54, 1.807) is 0 Å². The minimum atomic E-state index is -4.86. The van der Waals surface area contributed by atoms with E-state index >= 15 is 0 Å². The van der Waals surface area contributed by atoms with Crippen LogP contribution < -0.4 is 0 Å². The fourth-order valence-electron chi connectivity index (χ4n) is 5.05. The van der Waals surface area contributed by atoms with Gasteiger partial charge in [-0.05, 0) is 89.9 Å². The summed E-state index contributed by atoms with van der Waals surface area (Å²) in [4.78, 5) is 42.8. The first-order chi connectivity index (χ1) is 27.1. The number of phosphoric ester groups is 1. The van der Waals surface area contributed by atoms with Crippen molar-refractivity contribution < 1.29 is 48.2 Å². The molecule has 2 unspecified atom stereocenters. The third-order valence-corrected chi connectivity index (χ3v) is 8.78. The Labute approximate surface area is 338 Å². The number of carbonyl (C=O) groups is 2. The number of rotatable bonds is 36. The fourth-order valence-corrected chi connectivity index (χ4v) is 5.41. The lowest BCUT2D eigenvalue weighted by molar-refractivity contribution is -0.161. The molecular formula is C45H73O10P. The second-order valence-corrected chi connectivity index (χ2v) is 14.8. The first kappa shape index (κ1) is 52.9. The Kier molecular flexibility index (Phi) is 36.6. The molecule has 0 aliphatic carbocycles. The molecule has 56 heavy (non-hydrogen) atoms. The molecule has 11 heteroatoms. The van der Waals surface area contributed by atoms with Crippen molar-refractivity contribution in [2.24, 2.45) is 0 Å². The van der Waals surface area contributed by atoms with Crippen LogP contribution in [-0.4, -0.2) is 63.5 Å². The monoisotopic (exact) mass is 804 g/mol. The van der Waals surface area contributed by atoms with Crippen LogP contribution in [0.1, 0.15) is 142 Å². The molecule has 0 aromatic rings. The molecule has 0 fully saturated rings. The number of hydrogen-bond acceptors (Lipinski definition) is 8. The average Bonchev–Trinajstić information content (AvgIpc) is 3.16. The summed E-state index contributed by atoms with van der Waals surface area (Å²) in [5, 5.41) is 20.6. The first-order valence-corrected chi connectivity index (χ1v) is 22.2. The van der Waals surface area contributed by atoms with Gasteiger partial charge in [-0.2, -0.15) is 0 Å². The van der Waals surface area contributed by atoms with Crippen molar-refractivity contribution in [3.63, 3.8) is 0 Å². The molecule has 0 aromatic carbocycles. The minimum absolute atomic E-state index is 0.0775. The molecule has 318 valence electrons. The topological polar surface area (TPSA) is 160 Å². The highest BCUT2D eigenvalue weighted by atomic mass is 31.2. The Morgan fingerprint density at radius 2 is 0.982 bits per heavy atom. The van der Waals surface area contributed by atoms with Gasteiger partial charge in [-0.1, -0.05) is 137 Å². The van der Waals surface area contributed by atoms with Gasteiger partial charge in [-0.25, -0.2) is 4.57 Å². The zero-order valence-electron chi connectivity index (χ0n) is 34.2. The van der Waals surface area contributed by atoms with E-state index in [2.05, 4.69) is 91.3 Å². The van der Waals surface area contributed by atoms with Gasteiger partial charge in [0.05, 0.1) is 18.8 Å². The van der Waals surface area contributed by atoms with Crippen molar-refractivity contribution in [2.75, 3.05) is 13.2 Å². The molecule has 0 saturated carbocycles. The summed E-state index contributed by atoms with van der Waals surface area (Å²) in [5.41, 5.74) is 0. The molecule has 3 atom stereocenters. The molecule has 0 aliphatic heterocycles. The third kappa shape index (κ3) is 39.1. The summed E-state index contributed by atoms with van der Waals surface area (Å²) in [5.74, 6) is -1.28. The Bertz CT molecular complexity index is 1260. The lowest BCUT2D eigenvalue weighted by Crippen LogP contribution is -2.30. The normalized spacial score (nSPS) is 14.6. The number of aliphatic hydroxyl groups excluding tert-OH is 2. The standard InChI is InChI=1S/C45H73O10P/c1-3-5-7-9-11-13-15-17-18-19-20-21-22-23-25-27-29-31-33-37-44(48)53-39-41(40-54-56(50,51)52)55-45(49)38-34-36-43(47)42(46)35-32-30-28-26-24-16-14-12-10-8-6-4-2/h11-14,17-18,20-21,23-26,29-32,41-43,46-47H,3-10,15-16,19,22,27-28,33-40H2,1-2H3,(H2,50,51,52)/b13-11-,14-12-,18-17-,21-20-,25-23-,26-24-,31-29-,32-30-/t41-,42?,43?/m1/s1. The first-order valence-electron chi connectivity index (χ1n) is 20.7. The van der Waals surface area contributed by atoms with E-state index in [-0.39, 0.29) is 32.1 Å². The Hall–Kier alpha value is -3.11. The van der Waals surface area contributed by atoms with Crippen LogP contribution in [0.15, 0.2) is 97.2 Å². The predicted octanol–water partition coefficient (Wildman–Crippen LogP) is 10.6. The summed E-state index contributed by atoms with van der Waals surface area (Å²) < 4.78 is 26.1. The average molecular weight is 805 g/mol. The quantitative estimate of drug-likeness (QED) is 0.0208. The molecule has 0 bridgehead atoms. The van der Waals surface area contributed by atoms with Crippen molar-refractivity contribution in [3.05, 3.63) is 97.2 Å². The molecule has 0 heterocycles. The molecule has 4 N–H and O–H groups in total. The fraction of sp³-hybridized carbons (Fsp3) is 0.600. The highest BCUT2D eigenvalue weighted by Gasteiger charge is 2.23. The van der Waals surface area contributed by atoms with Gasteiger partial charge in [0.1, 0.15) is 6.61 Å². The number of allylic oxidation sites excluding steroid dienone is 15. The number of aliphatic hydroxyl groups is 2. The molecule has 0 radical (unpaired) electrons. The van der Waals surface area contributed by atoms with E-state index < -0.39 is 51.3 Å². The highest BCUT2D eigenvalue weighted by molar-refractivity contribution is 7.46. The van der Waals surface area contributed by atoms with Gasteiger partial charge in [0.2, 0.25) is 0 Å². The smallest absolute Gasteiger partial charge is 0.462 e. The van der Waals surface area contributed by atoms with Gasteiger partial charge < -0.3 is 29.5 Å². The van der Waals surface area contributed by atoms with Crippen molar-refractivity contribution in [2.45, 2.75) is 161 Å². The van der Waals surface area contributed by atoms with E-state index in [1.165, 1.54) is 38.5 Å². The van der Waals surface area contributed by atoms with Crippen molar-refractivity contribution in [1.82, 2.24) is 0 Å². The molecule has 0 spiro atoms. The highest BCUT2D eigenvalue weighted by Crippen LogP contribution is 2.36. The van der Waals surface area contributed by atoms with Crippen LogP contribution in [-0.2, 0) is 28.2 Å². The second-order valence-electron chi connectivity index (χ2n) is 13.6. The molecule has 10 nitrogen and oxygen atoms in total. The Morgan fingerprint density at radius 3 is 1.45 bits per heavy atom. The number of hydrogen-bond donors (Lipinski definition) is 4. The zero-order chi connectivity index (χ0) is 41.4. The van der Waals surface area contributed by atoms with Crippen molar-refractivity contribution in [1.29, 1.82) is 0 Å². The number of phosphoric acid groups is 1. The lowest BCUT2D eigenvalue weighted by atomic mass is 10.0. The minimum Gasteiger partial charge on any atom is -0.462 e. The van der Waals surface area contributed by atoms with Gasteiger partial charge in [0.25, 0.3) is 0 Å². The van der Waals surface area contributed by atoms with Crippen LogP contribution >= 0.6 is 7.82 Å². The Balaban J connectivity index is 4.32. The van der Waals surface area contributed by atoms with Crippen LogP contribution in [0.25, 0.3) is 0 Å². The summed E-state index contributed by atoms with van der Waals surface area (Å²) in [6.45, 7) is 3.30. The van der Waals surface area contributed by atoms with Crippen molar-refractivity contribution >= 4 is 19.8 Å². The molecule has 0 aliphatic rings. The molecule has 0 aromatic heterocycles. The van der Waals surface area contributed by atoms with Crippen molar-refractivity contribution in [3.8, 4) is 0 Å². The zero-order valence-corrected chi connectivity index (χ0v) is 35.1. The summed E-state index contributed by atoms with van der Waals surface area (Å²) in [6.07, 6.45) is 45.9. The molecule has 0 rings (SSSR count). The van der Waals surface area contributed by atoms with E-state index in [0.29, 0.717) is 6.42 Å². The predicted molar refractivity (Wildman–Crippen MR) is 228 cm³/mol. The van der Waals surface area contributed by atoms with Gasteiger partial charge in [-0.3, -0.25) is 14.1 Å². The van der Waals surface area contributed by atoms with E-state index in [4.69, 9.17) is 19.3 Å². The van der Waals surface area contributed by atoms with Crippen LogP contribution in [0.2, 0.25) is 0 Å². The second kappa shape index (κ2) is 38.7. The SMILES string of the molecule is CCCCC/C=C\C/C=C\C/C=C\C/C=C\C/C=C\CCC(=O)OC[C@H](COP(=O)(O)O)OC(=O)CCCC(O)C(O)C/C=C\C/C=C\C/C=C\CCCCC. The summed E-state index contributed by atoms with van der Waals surface area (Å²) in [6, 6.07) is 0. The van der Waals surface area contributed by atoms with E-state index in [1.807, 2.05) is 24.3 Å². The van der Waals surface area contributed by atoms with Crippen LogP contribution in [0.5, 0.6) is 0 Å². The maximum absolute atomic E-state index is 12.4. The summed E-state index contributed by atoms with van der Waals surface area (Å²) in [7, 11) is -4.86. The Morgan fingerprint density at radius 1 is 0.536 bits per heavy atom. The lowest BCUT2D eigenvalue weighted by Gasteiger charge is -2.19. The van der Waals surface area contributed by atoms with Gasteiger partial charge in [0, 0.05) is 12.8 Å². The number of unbranched alkanes of at least 4 members (excludes halogenated alkanes) is 6. The maximum atomic E-state index is 12.4. The number of esters is 2. The van der Waals surface area contributed by atoms with Gasteiger partial charge in [-0.15, -0.1) is 0 Å². The third-order valence-electron chi connectivity index (χ3n) is 8.29. The maximum Gasteiger partial charge on any atom is 0.469 e. The number of carbonyl (C=O) groups excluding carboxylic acids is 2. The molecule has 0 saturated heterocycles. The van der Waals surface area contributed by atoms with Crippen LogP contribution in [0.3, 0.4) is 0 Å². The largest absolute Gasteiger partial charge is 0.469 e. The van der Waals surface area contributed by atoms with Crippen LogP contribution in [0.4, 0.5) is 0 Å². The van der Waals surface area contributed by atoms with Gasteiger partial charge in [0.15, 0.2) is 6.10 Å². The molecule has 0 amide bonds. The van der Waals surface area contributed by atoms with Gasteiger partial charge >= 0.3 is 19.8 Å². The molecular weight excluding hydrogens is 731 g/mol. The van der Waals surface area contributed by atoms with E-state index in [9.17, 15) is 24.4 Å².